The van der Waals surface area contributed by atoms with Crippen molar-refractivity contribution in [2.24, 2.45) is 16.7 Å². The van der Waals surface area contributed by atoms with Crippen LogP contribution in [-0.4, -0.2) is 5.17 Å². The molecule has 0 aliphatic carbocycles. The third-order valence-corrected chi connectivity index (χ3v) is 2.48. The van der Waals surface area contributed by atoms with Gasteiger partial charge < -0.3 is 11.6 Å². The number of nitriles is 1. The summed E-state index contributed by atoms with van der Waals surface area (Å²) in [4.78, 5) is 0. The second kappa shape index (κ2) is 7.15. The number of nitrogens with zero attached hydrogens (tertiary/aromatic N) is 2. The van der Waals surface area contributed by atoms with Crippen LogP contribution in [0.1, 0.15) is 11.1 Å². The zero-order valence-corrected chi connectivity index (χ0v) is 10.4. The van der Waals surface area contributed by atoms with Gasteiger partial charge in [0.25, 0.3) is 0 Å². The first-order valence-electron chi connectivity index (χ1n) is 3.91. The molecule has 0 aliphatic heterocycles. The van der Waals surface area contributed by atoms with E-state index in [1.54, 1.807) is 12.1 Å². The normalized spacial score (nSPS) is 10.2. The lowest BCUT2D eigenvalue weighted by Crippen LogP contribution is -2.09. The van der Waals surface area contributed by atoms with Gasteiger partial charge >= 0.3 is 0 Å². The standard InChI is InChI=1S/C9H10N4S.BrH/c10-5-7-1-3-8(4-2-7)6-14-9(11)13-12;/h1-4H,6,12H2,(H2,11,13);1H. The predicted molar refractivity (Wildman–Crippen MR) is 68.6 cm³/mol. The van der Waals surface area contributed by atoms with Gasteiger partial charge in [-0.2, -0.15) is 10.4 Å². The Hall–Kier alpha value is -1.19. The third-order valence-electron chi connectivity index (χ3n) is 1.60. The van der Waals surface area contributed by atoms with Crippen LogP contribution in [0.2, 0.25) is 0 Å². The number of halogens is 1. The summed E-state index contributed by atoms with van der Waals surface area (Å²) in [6.07, 6.45) is 0. The van der Waals surface area contributed by atoms with Crippen molar-refractivity contribution in [1.82, 2.24) is 0 Å². The van der Waals surface area contributed by atoms with Crippen molar-refractivity contribution in [3.05, 3.63) is 35.4 Å². The van der Waals surface area contributed by atoms with E-state index in [4.69, 9.17) is 16.8 Å². The van der Waals surface area contributed by atoms with Gasteiger partial charge in [0, 0.05) is 5.75 Å². The van der Waals surface area contributed by atoms with Crippen LogP contribution in [0.25, 0.3) is 0 Å². The van der Waals surface area contributed by atoms with Crippen molar-refractivity contribution in [2.45, 2.75) is 5.75 Å². The van der Waals surface area contributed by atoms with Crippen LogP contribution >= 0.6 is 28.7 Å². The molecule has 0 saturated carbocycles. The Morgan fingerprint density at radius 3 is 2.47 bits per heavy atom. The van der Waals surface area contributed by atoms with Gasteiger partial charge in [0.1, 0.15) is 0 Å². The molecule has 0 aromatic heterocycles. The Morgan fingerprint density at radius 1 is 1.40 bits per heavy atom. The van der Waals surface area contributed by atoms with Gasteiger partial charge in [0.2, 0.25) is 0 Å². The highest BCUT2D eigenvalue weighted by atomic mass is 79.9. The Balaban J connectivity index is 0.00000196. The van der Waals surface area contributed by atoms with Crippen LogP contribution in [0.4, 0.5) is 0 Å². The number of hydrazone groups is 1. The smallest absolute Gasteiger partial charge is 0.177 e. The van der Waals surface area contributed by atoms with Crippen LogP contribution in [0.3, 0.4) is 0 Å². The topological polar surface area (TPSA) is 88.2 Å². The Kier molecular flexibility index (Phi) is 6.58. The number of hydrogen-bond donors (Lipinski definition) is 2. The number of amidine groups is 1. The molecule has 6 heteroatoms. The van der Waals surface area contributed by atoms with Crippen LogP contribution in [0.5, 0.6) is 0 Å². The first kappa shape index (κ1) is 13.8. The fourth-order valence-electron chi connectivity index (χ4n) is 0.870. The molecule has 0 aliphatic rings. The summed E-state index contributed by atoms with van der Waals surface area (Å²) in [5.41, 5.74) is 7.15. The van der Waals surface area contributed by atoms with Gasteiger partial charge in [-0.25, -0.2) is 0 Å². The zero-order chi connectivity index (χ0) is 10.4. The van der Waals surface area contributed by atoms with E-state index in [0.717, 1.165) is 5.56 Å². The van der Waals surface area contributed by atoms with Crippen LogP contribution in [-0.2, 0) is 5.75 Å². The molecule has 0 unspecified atom stereocenters. The van der Waals surface area contributed by atoms with E-state index in [2.05, 4.69) is 11.2 Å². The SMILES string of the molecule is Br.N#Cc1ccc(CS/C(N)=N/N)cc1. The maximum Gasteiger partial charge on any atom is 0.177 e. The lowest BCUT2D eigenvalue weighted by Gasteiger charge is -1.99. The summed E-state index contributed by atoms with van der Waals surface area (Å²) in [7, 11) is 0. The fourth-order valence-corrected chi connectivity index (χ4v) is 1.45. The van der Waals surface area contributed by atoms with E-state index in [1.165, 1.54) is 11.8 Å². The summed E-state index contributed by atoms with van der Waals surface area (Å²) >= 11 is 1.36. The summed E-state index contributed by atoms with van der Waals surface area (Å²) in [5.74, 6) is 5.69. The molecule has 4 nitrogen and oxygen atoms in total. The monoisotopic (exact) mass is 286 g/mol. The zero-order valence-electron chi connectivity index (χ0n) is 7.88. The second-order valence-electron chi connectivity index (χ2n) is 2.56. The Labute approximate surface area is 103 Å². The minimum absolute atomic E-state index is 0. The molecule has 1 rings (SSSR count). The molecule has 15 heavy (non-hydrogen) atoms. The molecule has 0 spiro atoms. The number of nitrogens with two attached hydrogens (primary N) is 2. The predicted octanol–water partition coefficient (Wildman–Crippen LogP) is 1.56. The number of benzene rings is 1. The molecule has 0 heterocycles. The number of hydrogen-bond acceptors (Lipinski definition) is 4. The highest BCUT2D eigenvalue weighted by Crippen LogP contribution is 2.12. The lowest BCUT2D eigenvalue weighted by atomic mass is 10.2. The molecule has 1 aromatic rings. The van der Waals surface area contributed by atoms with Gasteiger partial charge in [-0.3, -0.25) is 0 Å². The van der Waals surface area contributed by atoms with Crippen LogP contribution < -0.4 is 11.6 Å². The third kappa shape index (κ3) is 4.72. The molecule has 80 valence electrons. The summed E-state index contributed by atoms with van der Waals surface area (Å²) in [5, 5.41) is 12.3. The molecule has 0 saturated heterocycles. The van der Waals surface area contributed by atoms with Gasteiger partial charge in [-0.1, -0.05) is 23.9 Å². The lowest BCUT2D eigenvalue weighted by molar-refractivity contribution is 1.25. The molecule has 0 fully saturated rings. The summed E-state index contributed by atoms with van der Waals surface area (Å²) in [6, 6.07) is 9.36. The molecule has 0 atom stereocenters. The second-order valence-corrected chi connectivity index (χ2v) is 3.56. The molecular weight excluding hydrogens is 276 g/mol. The van der Waals surface area contributed by atoms with Crippen LogP contribution in [0.15, 0.2) is 29.4 Å². The maximum absolute atomic E-state index is 8.57. The van der Waals surface area contributed by atoms with E-state index in [1.807, 2.05) is 12.1 Å². The van der Waals surface area contributed by atoms with Crippen molar-refractivity contribution in [2.75, 3.05) is 0 Å². The summed E-state index contributed by atoms with van der Waals surface area (Å²) < 4.78 is 0. The van der Waals surface area contributed by atoms with E-state index >= 15 is 0 Å². The van der Waals surface area contributed by atoms with Crippen molar-refractivity contribution in [1.29, 1.82) is 5.26 Å². The van der Waals surface area contributed by atoms with E-state index < -0.39 is 0 Å². The molecule has 0 amide bonds. The minimum atomic E-state index is 0. The molecule has 4 N–H and O–H groups in total. The van der Waals surface area contributed by atoms with Gasteiger partial charge in [0.05, 0.1) is 11.6 Å². The van der Waals surface area contributed by atoms with Crippen molar-refractivity contribution < 1.29 is 0 Å². The van der Waals surface area contributed by atoms with Crippen molar-refractivity contribution in [3.63, 3.8) is 0 Å². The Bertz CT molecular complexity index is 369. The summed E-state index contributed by atoms with van der Waals surface area (Å²) in [6.45, 7) is 0. The highest BCUT2D eigenvalue weighted by molar-refractivity contribution is 8.93. The molecular formula is C9H11BrN4S. The highest BCUT2D eigenvalue weighted by Gasteiger charge is 1.96. The van der Waals surface area contributed by atoms with Crippen molar-refractivity contribution >= 4 is 33.9 Å². The maximum atomic E-state index is 8.57. The first-order valence-corrected chi connectivity index (χ1v) is 4.90. The van der Waals surface area contributed by atoms with Gasteiger partial charge in [-0.05, 0) is 17.7 Å². The number of thioether (sulfide) groups is 1. The quantitative estimate of drug-likeness (QED) is 0.374. The number of rotatable bonds is 2. The molecule has 0 bridgehead atoms. The minimum Gasteiger partial charge on any atom is -0.377 e. The van der Waals surface area contributed by atoms with E-state index in [9.17, 15) is 0 Å². The average Bonchev–Trinajstić information content (AvgIpc) is 2.26. The Morgan fingerprint density at radius 2 is 2.00 bits per heavy atom. The molecule has 1 aromatic carbocycles. The average molecular weight is 287 g/mol. The first-order chi connectivity index (χ1) is 6.76. The molecule has 0 radical (unpaired) electrons. The van der Waals surface area contributed by atoms with Gasteiger partial charge in [0.15, 0.2) is 5.17 Å². The van der Waals surface area contributed by atoms with Crippen LogP contribution in [0, 0.1) is 11.3 Å². The van der Waals surface area contributed by atoms with E-state index in [-0.39, 0.29) is 17.0 Å². The van der Waals surface area contributed by atoms with Gasteiger partial charge in [-0.15, -0.1) is 17.0 Å². The largest absolute Gasteiger partial charge is 0.377 e. The van der Waals surface area contributed by atoms with Crippen molar-refractivity contribution in [3.8, 4) is 6.07 Å². The fraction of sp³-hybridized carbons (Fsp3) is 0.111. The van der Waals surface area contributed by atoms with E-state index in [0.29, 0.717) is 16.5 Å².